The Kier molecular flexibility index (Phi) is 4.18. The monoisotopic (exact) mass is 302 g/mol. The molecule has 1 aliphatic rings. The highest BCUT2D eigenvalue weighted by Crippen LogP contribution is 2.21. The van der Waals surface area contributed by atoms with E-state index in [0.29, 0.717) is 29.5 Å². The molecule has 0 amide bonds. The molecule has 1 aromatic heterocycles. The van der Waals surface area contributed by atoms with E-state index in [1.54, 1.807) is 24.3 Å². The molecule has 21 heavy (non-hydrogen) atoms. The molecule has 3 rings (SSSR count). The first kappa shape index (κ1) is 14.0. The zero-order valence-corrected chi connectivity index (χ0v) is 12.2. The van der Waals surface area contributed by atoms with E-state index in [-0.39, 0.29) is 5.78 Å². The van der Waals surface area contributed by atoms with Gasteiger partial charge in [-0.1, -0.05) is 41.9 Å². The molecule has 5 heteroatoms. The van der Waals surface area contributed by atoms with Crippen LogP contribution in [0.1, 0.15) is 15.9 Å². The van der Waals surface area contributed by atoms with Crippen LogP contribution < -0.4 is 4.90 Å². The van der Waals surface area contributed by atoms with Gasteiger partial charge in [-0.2, -0.15) is 0 Å². The number of halogens is 1. The lowest BCUT2D eigenvalue weighted by atomic mass is 10.0. The fraction of sp³-hybridized carbons (Fsp3) is 0.250. The smallest absolute Gasteiger partial charge is 0.193 e. The van der Waals surface area contributed by atoms with E-state index in [0.717, 1.165) is 18.9 Å². The predicted octanol–water partition coefficient (Wildman–Crippen LogP) is 2.80. The third kappa shape index (κ3) is 3.23. The molecular formula is C16H15ClN2O2. The molecule has 0 N–H and O–H groups in total. The summed E-state index contributed by atoms with van der Waals surface area (Å²) in [7, 11) is 0. The highest BCUT2D eigenvalue weighted by atomic mass is 35.5. The van der Waals surface area contributed by atoms with Crippen molar-refractivity contribution in [3.8, 4) is 0 Å². The van der Waals surface area contributed by atoms with Crippen LogP contribution in [-0.2, 0) is 4.74 Å². The van der Waals surface area contributed by atoms with Gasteiger partial charge in [0.25, 0.3) is 0 Å². The number of morpholine rings is 1. The van der Waals surface area contributed by atoms with Gasteiger partial charge in [0.15, 0.2) is 5.78 Å². The Bertz CT molecular complexity index is 640. The molecule has 0 radical (unpaired) electrons. The predicted molar refractivity (Wildman–Crippen MR) is 82.2 cm³/mol. The number of aromatic nitrogens is 1. The molecule has 1 fully saturated rings. The fourth-order valence-electron chi connectivity index (χ4n) is 2.32. The first-order valence-electron chi connectivity index (χ1n) is 6.84. The summed E-state index contributed by atoms with van der Waals surface area (Å²) in [5, 5.41) is 0.332. The molecular weight excluding hydrogens is 288 g/mol. The van der Waals surface area contributed by atoms with Crippen molar-refractivity contribution in [3.63, 3.8) is 0 Å². The standard InChI is InChI=1S/C16H15ClN2O2/c17-14-10-13(16(20)12-4-2-1-3-5-12)11-15(18-14)19-6-8-21-9-7-19/h1-5,10-11H,6-9H2. The number of pyridine rings is 1. The number of anilines is 1. The number of nitrogens with zero attached hydrogens (tertiary/aromatic N) is 2. The second-order valence-electron chi connectivity index (χ2n) is 4.83. The lowest BCUT2D eigenvalue weighted by molar-refractivity contribution is 0.103. The summed E-state index contributed by atoms with van der Waals surface area (Å²) in [6.07, 6.45) is 0. The third-order valence-corrected chi connectivity index (χ3v) is 3.61. The van der Waals surface area contributed by atoms with Crippen LogP contribution >= 0.6 is 11.6 Å². The number of ether oxygens (including phenoxy) is 1. The number of hydrogen-bond acceptors (Lipinski definition) is 4. The van der Waals surface area contributed by atoms with E-state index in [2.05, 4.69) is 9.88 Å². The highest BCUT2D eigenvalue weighted by molar-refractivity contribution is 6.30. The summed E-state index contributed by atoms with van der Waals surface area (Å²) < 4.78 is 5.33. The van der Waals surface area contributed by atoms with E-state index in [4.69, 9.17) is 16.3 Å². The number of hydrogen-bond donors (Lipinski definition) is 0. The average molecular weight is 303 g/mol. The topological polar surface area (TPSA) is 42.4 Å². The van der Waals surface area contributed by atoms with Gasteiger partial charge < -0.3 is 9.64 Å². The summed E-state index contributed by atoms with van der Waals surface area (Å²) >= 11 is 6.08. The van der Waals surface area contributed by atoms with Crippen LogP contribution in [0.2, 0.25) is 5.15 Å². The van der Waals surface area contributed by atoms with Gasteiger partial charge in [-0.15, -0.1) is 0 Å². The van der Waals surface area contributed by atoms with Crippen molar-refractivity contribution in [3.05, 3.63) is 58.7 Å². The molecule has 108 valence electrons. The first-order chi connectivity index (χ1) is 10.2. The molecule has 2 aromatic rings. The van der Waals surface area contributed by atoms with Crippen LogP contribution in [0.4, 0.5) is 5.82 Å². The van der Waals surface area contributed by atoms with Gasteiger partial charge >= 0.3 is 0 Å². The van der Waals surface area contributed by atoms with E-state index in [1.807, 2.05) is 18.2 Å². The van der Waals surface area contributed by atoms with Crippen molar-refractivity contribution in [1.82, 2.24) is 4.98 Å². The largest absolute Gasteiger partial charge is 0.378 e. The van der Waals surface area contributed by atoms with Crippen molar-refractivity contribution in [2.45, 2.75) is 0 Å². The molecule has 0 spiro atoms. The summed E-state index contributed by atoms with van der Waals surface area (Å²) in [6, 6.07) is 12.6. The van der Waals surface area contributed by atoms with E-state index < -0.39 is 0 Å². The molecule has 1 aromatic carbocycles. The van der Waals surface area contributed by atoms with Gasteiger partial charge in [-0.3, -0.25) is 4.79 Å². The first-order valence-corrected chi connectivity index (χ1v) is 7.22. The minimum atomic E-state index is -0.0468. The van der Waals surface area contributed by atoms with Crippen LogP contribution in [0.25, 0.3) is 0 Å². The molecule has 0 bridgehead atoms. The minimum absolute atomic E-state index is 0.0468. The van der Waals surface area contributed by atoms with E-state index in [1.165, 1.54) is 0 Å². The Labute approximate surface area is 128 Å². The maximum atomic E-state index is 12.5. The van der Waals surface area contributed by atoms with Crippen molar-refractivity contribution < 1.29 is 9.53 Å². The van der Waals surface area contributed by atoms with Gasteiger partial charge in [0.05, 0.1) is 13.2 Å². The molecule has 0 saturated carbocycles. The van der Waals surface area contributed by atoms with E-state index in [9.17, 15) is 4.79 Å². The Balaban J connectivity index is 1.92. The number of ketones is 1. The molecule has 4 nitrogen and oxygen atoms in total. The van der Waals surface area contributed by atoms with Gasteiger partial charge in [0, 0.05) is 24.2 Å². The summed E-state index contributed by atoms with van der Waals surface area (Å²) in [4.78, 5) is 18.9. The van der Waals surface area contributed by atoms with Crippen LogP contribution in [-0.4, -0.2) is 37.1 Å². The molecule has 0 atom stereocenters. The Morgan fingerprint density at radius 2 is 1.81 bits per heavy atom. The summed E-state index contributed by atoms with van der Waals surface area (Å²) in [5.74, 6) is 0.680. The maximum Gasteiger partial charge on any atom is 0.193 e. The number of rotatable bonds is 3. The molecule has 0 unspecified atom stereocenters. The number of carbonyl (C=O) groups excluding carboxylic acids is 1. The Morgan fingerprint density at radius 3 is 2.52 bits per heavy atom. The third-order valence-electron chi connectivity index (χ3n) is 3.41. The molecule has 2 heterocycles. The van der Waals surface area contributed by atoms with Crippen LogP contribution in [0.5, 0.6) is 0 Å². The second kappa shape index (κ2) is 6.24. The Morgan fingerprint density at radius 1 is 1.10 bits per heavy atom. The molecule has 1 aliphatic heterocycles. The summed E-state index contributed by atoms with van der Waals surface area (Å²) in [6.45, 7) is 2.84. The lowest BCUT2D eigenvalue weighted by Crippen LogP contribution is -2.36. The molecule has 0 aliphatic carbocycles. The van der Waals surface area contributed by atoms with E-state index >= 15 is 0 Å². The van der Waals surface area contributed by atoms with Crippen molar-refractivity contribution in [2.24, 2.45) is 0 Å². The van der Waals surface area contributed by atoms with Crippen molar-refractivity contribution in [2.75, 3.05) is 31.2 Å². The SMILES string of the molecule is O=C(c1ccccc1)c1cc(Cl)nc(N2CCOCC2)c1. The zero-order chi connectivity index (χ0) is 14.7. The maximum absolute atomic E-state index is 12.5. The van der Waals surface area contributed by atoms with Gasteiger partial charge in [-0.25, -0.2) is 4.98 Å². The van der Waals surface area contributed by atoms with Crippen LogP contribution in [0.3, 0.4) is 0 Å². The second-order valence-corrected chi connectivity index (χ2v) is 5.22. The molecule has 1 saturated heterocycles. The van der Waals surface area contributed by atoms with Gasteiger partial charge in [0.1, 0.15) is 11.0 Å². The van der Waals surface area contributed by atoms with Gasteiger partial charge in [0.2, 0.25) is 0 Å². The quantitative estimate of drug-likeness (QED) is 0.646. The number of carbonyl (C=O) groups is 1. The highest BCUT2D eigenvalue weighted by Gasteiger charge is 2.17. The fourth-order valence-corrected chi connectivity index (χ4v) is 2.53. The van der Waals surface area contributed by atoms with Gasteiger partial charge in [-0.05, 0) is 12.1 Å². The Hall–Kier alpha value is -1.91. The lowest BCUT2D eigenvalue weighted by Gasteiger charge is -2.28. The zero-order valence-electron chi connectivity index (χ0n) is 11.5. The van der Waals surface area contributed by atoms with Crippen molar-refractivity contribution >= 4 is 23.2 Å². The average Bonchev–Trinajstić information content (AvgIpc) is 2.55. The number of benzene rings is 1. The van der Waals surface area contributed by atoms with Crippen LogP contribution in [0.15, 0.2) is 42.5 Å². The van der Waals surface area contributed by atoms with Crippen molar-refractivity contribution in [1.29, 1.82) is 0 Å². The minimum Gasteiger partial charge on any atom is -0.378 e. The normalized spacial score (nSPS) is 15.0. The van der Waals surface area contributed by atoms with Crippen LogP contribution in [0, 0.1) is 0 Å². The summed E-state index contributed by atoms with van der Waals surface area (Å²) in [5.41, 5.74) is 1.20.